The van der Waals surface area contributed by atoms with Crippen molar-refractivity contribution in [3.63, 3.8) is 0 Å². The molecule has 1 saturated heterocycles. The minimum atomic E-state index is -3.05. The van der Waals surface area contributed by atoms with Gasteiger partial charge in [0.2, 0.25) is 0 Å². The number of fused-ring (bicyclic) bond motifs is 2. The van der Waals surface area contributed by atoms with Crippen LogP contribution in [-0.4, -0.2) is 0 Å². The Labute approximate surface area is 282 Å². The van der Waals surface area contributed by atoms with Gasteiger partial charge < -0.3 is 24.8 Å². The van der Waals surface area contributed by atoms with E-state index in [1.807, 2.05) is 0 Å². The molecule has 1 heterocycles. The molecule has 2 unspecified atom stereocenters. The molecule has 44 heavy (non-hydrogen) atoms. The molecular formula is C41H44Cl2Hf. The van der Waals surface area contributed by atoms with E-state index in [9.17, 15) is 0 Å². The van der Waals surface area contributed by atoms with E-state index < -0.39 is 20.0 Å². The topological polar surface area (TPSA) is 0 Å². The van der Waals surface area contributed by atoms with Gasteiger partial charge in [-0.3, -0.25) is 0 Å². The molecule has 1 aliphatic heterocycles. The molecular weight excluding hydrogens is 742 g/mol. The monoisotopic (exact) mass is 786 g/mol. The number of rotatable bonds is 8. The summed E-state index contributed by atoms with van der Waals surface area (Å²) in [6.45, 7) is 9.68. The molecule has 226 valence electrons. The van der Waals surface area contributed by atoms with E-state index in [2.05, 4.69) is 137 Å². The Morgan fingerprint density at radius 1 is 0.545 bits per heavy atom. The molecule has 4 aromatic rings. The third kappa shape index (κ3) is 5.78. The van der Waals surface area contributed by atoms with Crippen molar-refractivity contribution in [3.05, 3.63) is 130 Å². The van der Waals surface area contributed by atoms with Crippen LogP contribution < -0.4 is 24.8 Å². The second kappa shape index (κ2) is 13.7. The molecule has 0 N–H and O–H groups in total. The molecule has 7 rings (SSSR count). The van der Waals surface area contributed by atoms with E-state index in [-0.39, 0.29) is 24.8 Å². The summed E-state index contributed by atoms with van der Waals surface area (Å²) in [6.07, 6.45) is 9.22. The van der Waals surface area contributed by atoms with Gasteiger partial charge in [0.15, 0.2) is 0 Å². The molecule has 3 heteroatoms. The Morgan fingerprint density at radius 3 is 1.30 bits per heavy atom. The van der Waals surface area contributed by atoms with Crippen LogP contribution in [0.3, 0.4) is 0 Å². The van der Waals surface area contributed by atoms with Crippen molar-refractivity contribution >= 4 is 12.2 Å². The standard InChI is InChI=1S/2C19H19.C3H6.2ClH.Hf/c2*1-14(2)11-15-12-17-9-6-10-18(19(17)13-15)16-7-4-3-5-8-16;1-3-2;;;/h2*3-10,12-14H,11H2,1-2H3;1-3H2;2*1H;/q;;;;;+2/p-2. The van der Waals surface area contributed by atoms with Crippen molar-refractivity contribution < 1.29 is 44.8 Å². The molecule has 2 aliphatic carbocycles. The van der Waals surface area contributed by atoms with Crippen molar-refractivity contribution in [2.45, 2.75) is 62.7 Å². The van der Waals surface area contributed by atoms with Crippen molar-refractivity contribution in [1.29, 1.82) is 0 Å². The molecule has 3 aliphatic rings. The third-order valence-electron chi connectivity index (χ3n) is 10.2. The molecule has 0 spiro atoms. The van der Waals surface area contributed by atoms with E-state index in [1.54, 1.807) is 22.3 Å². The van der Waals surface area contributed by atoms with Crippen LogP contribution in [0.2, 0.25) is 8.35 Å². The van der Waals surface area contributed by atoms with E-state index in [4.69, 9.17) is 0 Å². The van der Waals surface area contributed by atoms with Gasteiger partial charge in [-0.05, 0) is 0 Å². The Balaban J connectivity index is 0.00000192. The fourth-order valence-electron chi connectivity index (χ4n) is 8.65. The fraction of sp³-hybridized carbons (Fsp3) is 0.317. The predicted octanol–water partition coefficient (Wildman–Crippen LogP) is 6.09. The van der Waals surface area contributed by atoms with Crippen molar-refractivity contribution in [2.75, 3.05) is 0 Å². The number of halogens is 2. The van der Waals surface area contributed by atoms with Gasteiger partial charge in [-0.1, -0.05) is 0 Å². The number of allylic oxidation sites excluding steroid dienone is 2. The predicted molar refractivity (Wildman–Crippen MR) is 178 cm³/mol. The summed E-state index contributed by atoms with van der Waals surface area (Å²) in [5.74, 6) is 1.34. The molecule has 0 saturated carbocycles. The summed E-state index contributed by atoms with van der Waals surface area (Å²) < 4.78 is 4.44. The second-order valence-corrected chi connectivity index (χ2v) is 30.5. The number of hydrogen-bond donors (Lipinski definition) is 0. The van der Waals surface area contributed by atoms with Crippen LogP contribution in [0.1, 0.15) is 76.6 Å². The van der Waals surface area contributed by atoms with Crippen LogP contribution in [0.5, 0.6) is 0 Å². The Hall–Kier alpha value is -2.19. The van der Waals surface area contributed by atoms with Crippen LogP contribution in [-0.2, 0) is 20.0 Å². The largest absolute Gasteiger partial charge is 1.00 e. The first kappa shape index (κ1) is 33.2. The summed E-state index contributed by atoms with van der Waals surface area (Å²) >= 11 is -3.05. The molecule has 0 bridgehead atoms. The van der Waals surface area contributed by atoms with E-state index >= 15 is 0 Å². The number of hydrogen-bond acceptors (Lipinski definition) is 0. The SMILES string of the molecule is CC(C)CC1=Cc2c(-c3ccccc3)cccc2[CH]1[Hf+2]1([CH]2C(CC(C)C)=Cc3c(-c4ccccc4)cccc32)[CH2]C[CH2]1.[Cl-].[Cl-]. The van der Waals surface area contributed by atoms with Crippen LogP contribution in [0.25, 0.3) is 34.4 Å². The summed E-state index contributed by atoms with van der Waals surface area (Å²) in [5, 5.41) is 0. The van der Waals surface area contributed by atoms with E-state index in [1.165, 1.54) is 61.0 Å². The summed E-state index contributed by atoms with van der Waals surface area (Å²) in [4.78, 5) is 0. The average molecular weight is 786 g/mol. The van der Waals surface area contributed by atoms with Gasteiger partial charge in [-0.15, -0.1) is 0 Å². The maximum atomic E-state index is 2.67. The quantitative estimate of drug-likeness (QED) is 0.190. The molecule has 0 radical (unpaired) electrons. The average Bonchev–Trinajstić information content (AvgIpc) is 3.51. The van der Waals surface area contributed by atoms with E-state index in [0.29, 0.717) is 19.2 Å². The van der Waals surface area contributed by atoms with Crippen LogP contribution in [0, 0.1) is 11.8 Å². The summed E-state index contributed by atoms with van der Waals surface area (Å²) in [5.41, 5.74) is 15.5. The minimum Gasteiger partial charge on any atom is -1.00 e. The maximum Gasteiger partial charge on any atom is -1.00 e. The smallest absolute Gasteiger partial charge is 1.00 e. The van der Waals surface area contributed by atoms with Gasteiger partial charge in [0.05, 0.1) is 0 Å². The first-order chi connectivity index (χ1) is 20.5. The van der Waals surface area contributed by atoms with Crippen LogP contribution in [0.4, 0.5) is 0 Å². The molecule has 4 aromatic carbocycles. The Kier molecular flexibility index (Phi) is 10.3. The van der Waals surface area contributed by atoms with Gasteiger partial charge in [0.25, 0.3) is 0 Å². The molecule has 1 fully saturated rings. The van der Waals surface area contributed by atoms with Gasteiger partial charge in [-0.2, -0.15) is 0 Å². The molecule has 0 amide bonds. The first-order valence-electron chi connectivity index (χ1n) is 16.2. The van der Waals surface area contributed by atoms with Crippen LogP contribution in [0.15, 0.2) is 108 Å². The molecule has 0 aromatic heterocycles. The molecule has 0 nitrogen and oxygen atoms in total. The number of benzene rings is 4. The van der Waals surface area contributed by atoms with Gasteiger partial charge >= 0.3 is 259 Å². The Morgan fingerprint density at radius 2 is 0.955 bits per heavy atom. The van der Waals surface area contributed by atoms with Gasteiger partial charge in [0.1, 0.15) is 0 Å². The maximum absolute atomic E-state index is 3.05. The van der Waals surface area contributed by atoms with E-state index in [0.717, 1.165) is 0 Å². The zero-order chi connectivity index (χ0) is 28.8. The minimum absolute atomic E-state index is 0. The fourth-order valence-corrected chi connectivity index (χ4v) is 31.2. The zero-order valence-electron chi connectivity index (χ0n) is 26.5. The second-order valence-electron chi connectivity index (χ2n) is 13.9. The molecule has 2 atom stereocenters. The van der Waals surface area contributed by atoms with Crippen molar-refractivity contribution in [2.24, 2.45) is 11.8 Å². The zero-order valence-corrected chi connectivity index (χ0v) is 31.6. The first-order valence-corrected chi connectivity index (χ1v) is 25.5. The van der Waals surface area contributed by atoms with Gasteiger partial charge in [0, 0.05) is 0 Å². The summed E-state index contributed by atoms with van der Waals surface area (Å²) in [7, 11) is 0. The summed E-state index contributed by atoms with van der Waals surface area (Å²) in [6, 6.07) is 36.7. The normalized spacial score (nSPS) is 18.6. The van der Waals surface area contributed by atoms with Crippen molar-refractivity contribution in [3.8, 4) is 22.3 Å². The Bertz CT molecular complexity index is 1540. The third-order valence-corrected chi connectivity index (χ3v) is 32.6. The van der Waals surface area contributed by atoms with Crippen molar-refractivity contribution in [1.82, 2.24) is 0 Å². The van der Waals surface area contributed by atoms with Gasteiger partial charge in [-0.25, -0.2) is 0 Å². The van der Waals surface area contributed by atoms with Crippen LogP contribution >= 0.6 is 0 Å².